The molecule has 0 saturated carbocycles. The lowest BCUT2D eigenvalue weighted by Crippen LogP contribution is -2.44. The van der Waals surface area contributed by atoms with Crippen LogP contribution in [-0.2, 0) is 4.65 Å². The fourth-order valence-electron chi connectivity index (χ4n) is 2.39. The number of aromatic nitrogens is 3. The zero-order chi connectivity index (χ0) is 18.7. The fraction of sp³-hybridized carbons (Fsp3) is 0.300. The summed E-state index contributed by atoms with van der Waals surface area (Å²) in [7, 11) is -0.999. The van der Waals surface area contributed by atoms with Crippen LogP contribution in [0.1, 0.15) is 27.7 Å². The van der Waals surface area contributed by atoms with Crippen LogP contribution < -0.4 is 5.46 Å². The highest BCUT2D eigenvalue weighted by Gasteiger charge is 2.30. The number of nitrogens with zero attached hydrogens (tertiary/aromatic N) is 3. The minimum Gasteiger partial charge on any atom is -0.423 e. The zero-order valence-electron chi connectivity index (χ0n) is 15.6. The predicted molar refractivity (Wildman–Crippen MR) is 104 cm³/mol. The standard InChI is InChI=1S/C20H24BN3O2/c1-15(2)20(3,4)26-21(25)17-10-11-19(22-13-17)16-12-23-24(14-16)18-8-6-5-7-9-18/h5-15,25H,1-4H3. The predicted octanol–water partition coefficient (Wildman–Crippen LogP) is 3.07. The van der Waals surface area contributed by atoms with Gasteiger partial charge in [-0.25, -0.2) is 4.68 Å². The van der Waals surface area contributed by atoms with Crippen LogP contribution in [0, 0.1) is 5.92 Å². The molecule has 0 fully saturated rings. The second-order valence-electron chi connectivity index (χ2n) is 7.21. The van der Waals surface area contributed by atoms with Gasteiger partial charge in [-0.05, 0) is 38.0 Å². The first-order valence-electron chi connectivity index (χ1n) is 8.79. The molecule has 0 saturated heterocycles. The smallest absolute Gasteiger partial charge is 0.423 e. The highest BCUT2D eigenvalue weighted by Crippen LogP contribution is 2.21. The lowest BCUT2D eigenvalue weighted by atomic mass is 9.78. The van der Waals surface area contributed by atoms with Gasteiger partial charge in [0.05, 0.1) is 23.2 Å². The summed E-state index contributed by atoms with van der Waals surface area (Å²) in [5.41, 5.74) is 2.92. The molecule has 0 atom stereocenters. The number of para-hydroxylation sites is 1. The van der Waals surface area contributed by atoms with E-state index in [1.807, 2.05) is 67.2 Å². The van der Waals surface area contributed by atoms with Crippen LogP contribution in [0.4, 0.5) is 0 Å². The van der Waals surface area contributed by atoms with Gasteiger partial charge in [-0.2, -0.15) is 5.10 Å². The van der Waals surface area contributed by atoms with Crippen LogP contribution >= 0.6 is 0 Å². The van der Waals surface area contributed by atoms with Gasteiger partial charge in [0.1, 0.15) is 0 Å². The first kappa shape index (κ1) is 18.4. The minimum absolute atomic E-state index is 0.285. The maximum atomic E-state index is 10.3. The van der Waals surface area contributed by atoms with E-state index in [4.69, 9.17) is 4.65 Å². The van der Waals surface area contributed by atoms with Crippen molar-refractivity contribution in [3.05, 3.63) is 61.1 Å². The Morgan fingerprint density at radius 2 is 1.81 bits per heavy atom. The van der Waals surface area contributed by atoms with E-state index in [1.165, 1.54) is 0 Å². The van der Waals surface area contributed by atoms with Crippen LogP contribution in [0.3, 0.4) is 0 Å². The van der Waals surface area contributed by atoms with Gasteiger partial charge in [-0.1, -0.05) is 38.1 Å². The molecule has 3 aromatic rings. The molecule has 6 heteroatoms. The van der Waals surface area contributed by atoms with E-state index < -0.39 is 12.7 Å². The van der Waals surface area contributed by atoms with Crippen molar-refractivity contribution in [3.63, 3.8) is 0 Å². The maximum Gasteiger partial charge on any atom is 0.493 e. The van der Waals surface area contributed by atoms with E-state index in [9.17, 15) is 5.02 Å². The average Bonchev–Trinajstić information content (AvgIpc) is 3.12. The Bertz CT molecular complexity index is 845. The normalized spacial score (nSPS) is 11.8. The van der Waals surface area contributed by atoms with Crippen molar-refractivity contribution >= 4 is 12.6 Å². The monoisotopic (exact) mass is 349 g/mol. The van der Waals surface area contributed by atoms with E-state index in [1.54, 1.807) is 12.4 Å². The summed E-state index contributed by atoms with van der Waals surface area (Å²) >= 11 is 0. The Kier molecular flexibility index (Phi) is 5.25. The summed E-state index contributed by atoms with van der Waals surface area (Å²) in [5.74, 6) is 0.285. The molecule has 5 nitrogen and oxygen atoms in total. The van der Waals surface area contributed by atoms with Gasteiger partial charge in [0.2, 0.25) is 0 Å². The quantitative estimate of drug-likeness (QED) is 0.695. The third-order valence-electron chi connectivity index (χ3n) is 4.78. The van der Waals surface area contributed by atoms with Gasteiger partial charge >= 0.3 is 7.12 Å². The molecule has 1 N–H and O–H groups in total. The third kappa shape index (κ3) is 4.03. The van der Waals surface area contributed by atoms with Crippen LogP contribution in [-0.4, -0.2) is 32.5 Å². The van der Waals surface area contributed by atoms with Gasteiger partial charge in [-0.3, -0.25) is 4.98 Å². The average molecular weight is 349 g/mol. The summed E-state index contributed by atoms with van der Waals surface area (Å²) in [6.45, 7) is 8.08. The summed E-state index contributed by atoms with van der Waals surface area (Å²) in [6.07, 6.45) is 5.37. The summed E-state index contributed by atoms with van der Waals surface area (Å²) in [5, 5.41) is 14.7. The Labute approximate surface area is 154 Å². The van der Waals surface area contributed by atoms with Gasteiger partial charge in [0.15, 0.2) is 0 Å². The molecule has 2 aromatic heterocycles. The highest BCUT2D eigenvalue weighted by atomic mass is 16.5. The number of pyridine rings is 1. The van der Waals surface area contributed by atoms with Crippen LogP contribution in [0.5, 0.6) is 0 Å². The van der Waals surface area contributed by atoms with Crippen molar-refractivity contribution in [3.8, 4) is 16.9 Å². The van der Waals surface area contributed by atoms with E-state index in [-0.39, 0.29) is 5.92 Å². The SMILES string of the molecule is CC(C)C(C)(C)OB(O)c1ccc(-c2cnn(-c3ccccc3)c2)nc1. The van der Waals surface area contributed by atoms with Crippen LogP contribution in [0.25, 0.3) is 16.9 Å². The molecule has 0 radical (unpaired) electrons. The Hall–Kier alpha value is -2.44. The first-order chi connectivity index (χ1) is 12.4. The van der Waals surface area contributed by atoms with Gasteiger partial charge in [0.25, 0.3) is 0 Å². The third-order valence-corrected chi connectivity index (χ3v) is 4.78. The molecule has 134 valence electrons. The van der Waals surface area contributed by atoms with Crippen molar-refractivity contribution < 1.29 is 9.68 Å². The summed E-state index contributed by atoms with van der Waals surface area (Å²) < 4.78 is 7.61. The summed E-state index contributed by atoms with van der Waals surface area (Å²) in [6, 6.07) is 13.6. The van der Waals surface area contributed by atoms with Crippen LogP contribution in [0.2, 0.25) is 0 Å². The molecule has 0 amide bonds. The second kappa shape index (κ2) is 7.44. The number of benzene rings is 1. The molecule has 3 rings (SSSR count). The lowest BCUT2D eigenvalue weighted by Gasteiger charge is -2.31. The Morgan fingerprint density at radius 3 is 2.42 bits per heavy atom. The summed E-state index contributed by atoms with van der Waals surface area (Å²) in [4.78, 5) is 4.46. The molecule has 0 unspecified atom stereocenters. The highest BCUT2D eigenvalue weighted by molar-refractivity contribution is 6.60. The molecule has 0 aliphatic heterocycles. The largest absolute Gasteiger partial charge is 0.493 e. The van der Waals surface area contributed by atoms with E-state index >= 15 is 0 Å². The van der Waals surface area contributed by atoms with Crippen molar-refractivity contribution in [1.29, 1.82) is 0 Å². The van der Waals surface area contributed by atoms with Gasteiger partial charge in [-0.15, -0.1) is 0 Å². The minimum atomic E-state index is -0.999. The molecular weight excluding hydrogens is 325 g/mol. The molecule has 0 aliphatic carbocycles. The molecule has 0 bridgehead atoms. The Balaban J connectivity index is 1.75. The number of rotatable bonds is 6. The van der Waals surface area contributed by atoms with Crippen molar-refractivity contribution in [2.24, 2.45) is 5.92 Å². The van der Waals surface area contributed by atoms with Crippen molar-refractivity contribution in [2.75, 3.05) is 0 Å². The molecular formula is C20H24BN3O2. The van der Waals surface area contributed by atoms with E-state index in [0.717, 1.165) is 16.9 Å². The molecule has 1 aromatic carbocycles. The molecule has 0 aliphatic rings. The Morgan fingerprint density at radius 1 is 1.08 bits per heavy atom. The van der Waals surface area contributed by atoms with Crippen molar-refractivity contribution in [1.82, 2.24) is 14.8 Å². The topological polar surface area (TPSA) is 60.2 Å². The van der Waals surface area contributed by atoms with Crippen molar-refractivity contribution in [2.45, 2.75) is 33.3 Å². The molecule has 2 heterocycles. The maximum absolute atomic E-state index is 10.3. The van der Waals surface area contributed by atoms with E-state index in [2.05, 4.69) is 23.9 Å². The lowest BCUT2D eigenvalue weighted by molar-refractivity contribution is 0.0423. The van der Waals surface area contributed by atoms with Gasteiger partial charge < -0.3 is 9.68 Å². The van der Waals surface area contributed by atoms with Crippen LogP contribution in [0.15, 0.2) is 61.1 Å². The number of hydrogen-bond acceptors (Lipinski definition) is 4. The van der Waals surface area contributed by atoms with E-state index in [0.29, 0.717) is 5.46 Å². The fourth-order valence-corrected chi connectivity index (χ4v) is 2.39. The number of hydrogen-bond donors (Lipinski definition) is 1. The molecule has 26 heavy (non-hydrogen) atoms. The zero-order valence-corrected chi connectivity index (χ0v) is 15.6. The molecule has 0 spiro atoms. The first-order valence-corrected chi connectivity index (χ1v) is 8.79. The second-order valence-corrected chi connectivity index (χ2v) is 7.21. The van der Waals surface area contributed by atoms with Gasteiger partial charge in [0, 0.05) is 23.4 Å².